The second-order valence-corrected chi connectivity index (χ2v) is 5.65. The number of anilines is 2. The molecule has 20 heavy (non-hydrogen) atoms. The molecule has 3 N–H and O–H groups in total. The number of fused-ring (bicyclic) bond motifs is 1. The molecule has 3 rings (SSSR count). The number of hydrogen-bond donors (Lipinski definition) is 2. The smallest absolute Gasteiger partial charge is 0.223 e. The van der Waals surface area contributed by atoms with Crippen molar-refractivity contribution in [3.63, 3.8) is 0 Å². The lowest BCUT2D eigenvalue weighted by molar-refractivity contribution is 0.590. The lowest BCUT2D eigenvalue weighted by atomic mass is 10.2. The van der Waals surface area contributed by atoms with E-state index < -0.39 is 0 Å². The average Bonchev–Trinajstić information content (AvgIpc) is 2.67. The van der Waals surface area contributed by atoms with Crippen LogP contribution in [0, 0.1) is 0 Å². The summed E-state index contributed by atoms with van der Waals surface area (Å²) in [7, 11) is 1.80. The molecular formula is C12H17N7S. The highest BCUT2D eigenvalue weighted by atomic mass is 32.2. The van der Waals surface area contributed by atoms with Gasteiger partial charge in [0.25, 0.3) is 0 Å². The van der Waals surface area contributed by atoms with Crippen LogP contribution in [0.3, 0.4) is 0 Å². The fraction of sp³-hybridized carbons (Fsp3) is 0.500. The van der Waals surface area contributed by atoms with E-state index in [1.165, 1.54) is 31.0 Å². The summed E-state index contributed by atoms with van der Waals surface area (Å²) in [6.45, 7) is 0.976. The van der Waals surface area contributed by atoms with Crippen LogP contribution in [0.4, 0.5) is 11.8 Å². The van der Waals surface area contributed by atoms with Gasteiger partial charge in [0.05, 0.1) is 0 Å². The van der Waals surface area contributed by atoms with Crippen LogP contribution in [0.2, 0.25) is 0 Å². The van der Waals surface area contributed by atoms with Crippen molar-refractivity contribution in [2.24, 2.45) is 0 Å². The van der Waals surface area contributed by atoms with Crippen LogP contribution in [0.25, 0.3) is 0 Å². The minimum Gasteiger partial charge on any atom is -0.373 e. The zero-order chi connectivity index (χ0) is 13.9. The minimum absolute atomic E-state index is 0.259. The fourth-order valence-corrected chi connectivity index (χ4v) is 3.14. The van der Waals surface area contributed by atoms with Crippen molar-refractivity contribution in [3.05, 3.63) is 11.9 Å². The molecule has 2 aromatic heterocycles. The van der Waals surface area contributed by atoms with Gasteiger partial charge in [-0.15, -0.1) is 10.2 Å². The number of nitrogens with one attached hydrogen (secondary N) is 1. The van der Waals surface area contributed by atoms with Gasteiger partial charge >= 0.3 is 0 Å². The van der Waals surface area contributed by atoms with E-state index in [0.717, 1.165) is 29.0 Å². The van der Waals surface area contributed by atoms with Gasteiger partial charge in [-0.3, -0.25) is 0 Å². The van der Waals surface area contributed by atoms with E-state index in [1.54, 1.807) is 7.05 Å². The quantitative estimate of drug-likeness (QED) is 0.829. The molecule has 0 aliphatic carbocycles. The molecule has 0 spiro atoms. The number of aromatic nitrogens is 5. The Kier molecular flexibility index (Phi) is 3.72. The molecule has 1 aliphatic heterocycles. The maximum absolute atomic E-state index is 5.71. The van der Waals surface area contributed by atoms with Crippen molar-refractivity contribution in [2.45, 2.75) is 42.4 Å². The third kappa shape index (κ3) is 2.69. The molecule has 2 aromatic rings. The molecule has 0 atom stereocenters. The van der Waals surface area contributed by atoms with Gasteiger partial charge in [-0.1, -0.05) is 6.42 Å². The molecular weight excluding hydrogens is 274 g/mol. The van der Waals surface area contributed by atoms with Gasteiger partial charge in [0.2, 0.25) is 5.95 Å². The Hall–Kier alpha value is -1.83. The highest BCUT2D eigenvalue weighted by Crippen LogP contribution is 2.28. The van der Waals surface area contributed by atoms with E-state index in [9.17, 15) is 0 Å². The van der Waals surface area contributed by atoms with Gasteiger partial charge in [-0.2, -0.15) is 4.98 Å². The minimum atomic E-state index is 0.259. The summed E-state index contributed by atoms with van der Waals surface area (Å²) in [4.78, 5) is 8.32. The van der Waals surface area contributed by atoms with E-state index in [0.29, 0.717) is 5.82 Å². The summed E-state index contributed by atoms with van der Waals surface area (Å²) in [6, 6.07) is 1.86. The maximum atomic E-state index is 5.71. The van der Waals surface area contributed by atoms with Crippen molar-refractivity contribution in [1.29, 1.82) is 0 Å². The number of aryl methyl sites for hydroxylation is 1. The normalized spacial score (nSPS) is 14.7. The monoisotopic (exact) mass is 291 g/mol. The Balaban J connectivity index is 1.88. The summed E-state index contributed by atoms with van der Waals surface area (Å²) in [6.07, 6.45) is 4.61. The van der Waals surface area contributed by atoms with E-state index in [1.807, 2.05) is 6.07 Å². The molecule has 0 radical (unpaired) electrons. The van der Waals surface area contributed by atoms with Gasteiger partial charge in [0.1, 0.15) is 16.7 Å². The largest absolute Gasteiger partial charge is 0.373 e. The van der Waals surface area contributed by atoms with E-state index >= 15 is 0 Å². The third-order valence-corrected chi connectivity index (χ3v) is 4.15. The molecule has 0 unspecified atom stereocenters. The van der Waals surface area contributed by atoms with Crippen molar-refractivity contribution >= 4 is 23.5 Å². The molecule has 7 nitrogen and oxygen atoms in total. The summed E-state index contributed by atoms with van der Waals surface area (Å²) in [5, 5.41) is 13.2. The van der Waals surface area contributed by atoms with Crippen molar-refractivity contribution < 1.29 is 0 Å². The SMILES string of the molecule is CNc1cc(Sc2nnc3n2CCCCC3)nc(N)n1. The third-order valence-electron chi connectivity index (χ3n) is 3.25. The Morgan fingerprint density at radius 2 is 2.15 bits per heavy atom. The molecule has 0 aromatic carbocycles. The molecule has 0 saturated carbocycles. The number of rotatable bonds is 3. The lowest BCUT2D eigenvalue weighted by Gasteiger charge is -2.07. The second-order valence-electron chi connectivity index (χ2n) is 4.66. The molecule has 106 valence electrons. The van der Waals surface area contributed by atoms with Gasteiger partial charge in [0.15, 0.2) is 5.16 Å². The first-order valence-electron chi connectivity index (χ1n) is 6.68. The topological polar surface area (TPSA) is 94.5 Å². The average molecular weight is 291 g/mol. The van der Waals surface area contributed by atoms with Crippen LogP contribution in [0.15, 0.2) is 16.2 Å². The van der Waals surface area contributed by atoms with Crippen LogP contribution < -0.4 is 11.1 Å². The van der Waals surface area contributed by atoms with Crippen molar-refractivity contribution in [2.75, 3.05) is 18.1 Å². The number of hydrogen-bond acceptors (Lipinski definition) is 7. The van der Waals surface area contributed by atoms with E-state index in [-0.39, 0.29) is 5.95 Å². The predicted molar refractivity (Wildman–Crippen MR) is 77.7 cm³/mol. The van der Waals surface area contributed by atoms with Crippen molar-refractivity contribution in [3.8, 4) is 0 Å². The van der Waals surface area contributed by atoms with Gasteiger partial charge in [0, 0.05) is 26.1 Å². The number of nitrogens with zero attached hydrogens (tertiary/aromatic N) is 5. The van der Waals surface area contributed by atoms with Gasteiger partial charge in [-0.05, 0) is 24.6 Å². The first-order valence-corrected chi connectivity index (χ1v) is 7.50. The second kappa shape index (κ2) is 5.66. The summed E-state index contributed by atoms with van der Waals surface area (Å²) >= 11 is 1.48. The molecule has 0 saturated heterocycles. The summed E-state index contributed by atoms with van der Waals surface area (Å²) in [5.41, 5.74) is 5.71. The van der Waals surface area contributed by atoms with Crippen LogP contribution >= 0.6 is 11.8 Å². The molecule has 0 fully saturated rings. The van der Waals surface area contributed by atoms with Gasteiger partial charge < -0.3 is 15.6 Å². The Morgan fingerprint density at radius 3 is 3.00 bits per heavy atom. The summed E-state index contributed by atoms with van der Waals surface area (Å²) in [5.74, 6) is 2.03. The molecule has 1 aliphatic rings. The number of nitrogen functional groups attached to an aromatic ring is 1. The standard InChI is InChI=1S/C12H17N7S/c1-14-8-7-10(16-11(13)15-8)20-12-18-17-9-5-3-2-4-6-19(9)12/h7H,2-6H2,1H3,(H3,13,14,15,16). The predicted octanol–water partition coefficient (Wildman–Crippen LogP) is 1.57. The highest BCUT2D eigenvalue weighted by molar-refractivity contribution is 7.99. The van der Waals surface area contributed by atoms with Crippen LogP contribution in [-0.4, -0.2) is 31.8 Å². The molecule has 0 bridgehead atoms. The zero-order valence-electron chi connectivity index (χ0n) is 11.3. The van der Waals surface area contributed by atoms with Crippen LogP contribution in [0.1, 0.15) is 25.1 Å². The lowest BCUT2D eigenvalue weighted by Crippen LogP contribution is -2.03. The highest BCUT2D eigenvalue weighted by Gasteiger charge is 2.16. The number of nitrogens with two attached hydrogens (primary N) is 1. The maximum Gasteiger partial charge on any atom is 0.223 e. The Morgan fingerprint density at radius 1 is 1.25 bits per heavy atom. The fourth-order valence-electron chi connectivity index (χ4n) is 2.25. The molecule has 0 amide bonds. The van der Waals surface area contributed by atoms with E-state index in [2.05, 4.69) is 30.0 Å². The zero-order valence-corrected chi connectivity index (χ0v) is 12.2. The Bertz CT molecular complexity index is 610. The van der Waals surface area contributed by atoms with Crippen LogP contribution in [0.5, 0.6) is 0 Å². The first-order chi connectivity index (χ1) is 9.76. The molecule has 8 heteroatoms. The molecule has 3 heterocycles. The van der Waals surface area contributed by atoms with Crippen LogP contribution in [-0.2, 0) is 13.0 Å². The first kappa shape index (κ1) is 13.2. The Labute approximate surface area is 121 Å². The van der Waals surface area contributed by atoms with Crippen molar-refractivity contribution in [1.82, 2.24) is 24.7 Å². The summed E-state index contributed by atoms with van der Waals surface area (Å²) < 4.78 is 2.19. The van der Waals surface area contributed by atoms with E-state index in [4.69, 9.17) is 5.73 Å². The van der Waals surface area contributed by atoms with Gasteiger partial charge in [-0.25, -0.2) is 4.98 Å².